The number of benzene rings is 3. The smallest absolute Gasteiger partial charge is 0.0788 e. The summed E-state index contributed by atoms with van der Waals surface area (Å²) in [5.74, 6) is 0. The Kier molecular flexibility index (Phi) is 2.58. The van der Waals surface area contributed by atoms with Gasteiger partial charge in [0.1, 0.15) is 0 Å². The highest BCUT2D eigenvalue weighted by Gasteiger charge is 2.19. The van der Waals surface area contributed by atoms with E-state index in [9.17, 15) is 0 Å². The van der Waals surface area contributed by atoms with Gasteiger partial charge >= 0.3 is 0 Å². The van der Waals surface area contributed by atoms with E-state index in [1.165, 1.54) is 27.6 Å². The normalized spacial score (nSPS) is 12.6. The van der Waals surface area contributed by atoms with Crippen molar-refractivity contribution in [2.45, 2.75) is 0 Å². The molecule has 0 N–H and O–H groups in total. The van der Waals surface area contributed by atoms with Gasteiger partial charge in [0.15, 0.2) is 0 Å². The summed E-state index contributed by atoms with van der Waals surface area (Å²) in [5.41, 5.74) is 5.76. The van der Waals surface area contributed by atoms with Gasteiger partial charge in [-0.15, -0.1) is 0 Å². The summed E-state index contributed by atoms with van der Waals surface area (Å²) in [6, 6.07) is 21.3. The zero-order valence-electron chi connectivity index (χ0n) is 12.2. The van der Waals surface area contributed by atoms with Crippen LogP contribution in [-0.4, -0.2) is 19.8 Å². The molecule has 21 heavy (non-hydrogen) atoms. The molecule has 4 rings (SSSR count). The zero-order valence-corrected chi connectivity index (χ0v) is 12.2. The van der Waals surface area contributed by atoms with E-state index in [0.717, 1.165) is 11.4 Å². The van der Waals surface area contributed by atoms with Gasteiger partial charge in [-0.1, -0.05) is 42.5 Å². The monoisotopic (exact) mass is 272 g/mol. The maximum atomic E-state index is 4.84. The van der Waals surface area contributed by atoms with Crippen LogP contribution in [-0.2, 0) is 0 Å². The Bertz CT molecular complexity index is 853. The predicted molar refractivity (Wildman–Crippen MR) is 90.0 cm³/mol. The Balaban J connectivity index is 1.87. The first-order chi connectivity index (χ1) is 10.2. The minimum absolute atomic E-state index is 1.08. The SMILES string of the molecule is CN(C)c1ccc(C2=Nc3cccc4cccc2c34)cc1. The van der Waals surface area contributed by atoms with Crippen molar-refractivity contribution in [1.29, 1.82) is 0 Å². The van der Waals surface area contributed by atoms with Crippen molar-refractivity contribution in [2.75, 3.05) is 19.0 Å². The second kappa shape index (κ2) is 4.45. The molecule has 0 radical (unpaired) electrons. The fourth-order valence-electron chi connectivity index (χ4n) is 2.93. The Morgan fingerprint density at radius 3 is 2.24 bits per heavy atom. The second-order valence-electron chi connectivity index (χ2n) is 5.58. The number of aliphatic imine (C=N–C) groups is 1. The van der Waals surface area contributed by atoms with E-state index in [2.05, 4.69) is 79.7 Å². The molecule has 1 aliphatic rings. The highest BCUT2D eigenvalue weighted by atomic mass is 15.1. The van der Waals surface area contributed by atoms with Gasteiger partial charge in [-0.05, 0) is 23.6 Å². The molecule has 0 saturated heterocycles. The van der Waals surface area contributed by atoms with E-state index in [1.807, 2.05) is 0 Å². The average molecular weight is 272 g/mol. The number of hydrogen-bond donors (Lipinski definition) is 0. The summed E-state index contributed by atoms with van der Waals surface area (Å²) < 4.78 is 0. The molecule has 3 aromatic rings. The third-order valence-corrected chi connectivity index (χ3v) is 4.03. The molecule has 1 aliphatic heterocycles. The highest BCUT2D eigenvalue weighted by molar-refractivity contribution is 6.26. The standard InChI is InChI=1S/C19H16N2/c1-21(2)15-11-9-14(10-12-15)19-16-7-3-5-13-6-4-8-17(20-19)18(13)16/h3-12H,1-2H3. The molecule has 2 heteroatoms. The quantitative estimate of drug-likeness (QED) is 0.528. The number of nitrogens with zero attached hydrogens (tertiary/aromatic N) is 2. The van der Waals surface area contributed by atoms with Gasteiger partial charge in [-0.2, -0.15) is 0 Å². The molecule has 0 aliphatic carbocycles. The first-order valence-electron chi connectivity index (χ1n) is 7.12. The van der Waals surface area contributed by atoms with Crippen molar-refractivity contribution in [3.8, 4) is 0 Å². The maximum absolute atomic E-state index is 4.84. The van der Waals surface area contributed by atoms with Gasteiger partial charge in [-0.25, -0.2) is 4.99 Å². The van der Waals surface area contributed by atoms with E-state index in [-0.39, 0.29) is 0 Å². The minimum atomic E-state index is 1.08. The lowest BCUT2D eigenvalue weighted by atomic mass is 9.98. The highest BCUT2D eigenvalue weighted by Crippen LogP contribution is 2.37. The van der Waals surface area contributed by atoms with Crippen LogP contribution in [0.25, 0.3) is 10.8 Å². The van der Waals surface area contributed by atoms with Crippen molar-refractivity contribution < 1.29 is 0 Å². The molecule has 0 fully saturated rings. The van der Waals surface area contributed by atoms with Crippen molar-refractivity contribution >= 4 is 27.9 Å². The molecule has 3 aromatic carbocycles. The Morgan fingerprint density at radius 2 is 1.52 bits per heavy atom. The molecule has 0 aromatic heterocycles. The lowest BCUT2D eigenvalue weighted by Crippen LogP contribution is -2.09. The van der Waals surface area contributed by atoms with Crippen LogP contribution in [0, 0.1) is 0 Å². The summed E-state index contributed by atoms with van der Waals surface area (Å²) in [6.45, 7) is 0. The predicted octanol–water partition coefficient (Wildman–Crippen LogP) is 4.39. The topological polar surface area (TPSA) is 15.6 Å². The van der Waals surface area contributed by atoms with Crippen molar-refractivity contribution in [3.05, 3.63) is 71.8 Å². The average Bonchev–Trinajstić information content (AvgIpc) is 2.89. The van der Waals surface area contributed by atoms with Crippen LogP contribution in [0.1, 0.15) is 11.1 Å². The van der Waals surface area contributed by atoms with Gasteiger partial charge in [0.05, 0.1) is 11.4 Å². The zero-order chi connectivity index (χ0) is 14.4. The van der Waals surface area contributed by atoms with Crippen LogP contribution >= 0.6 is 0 Å². The molecule has 102 valence electrons. The Morgan fingerprint density at radius 1 is 0.810 bits per heavy atom. The van der Waals surface area contributed by atoms with Gasteiger partial charge in [0.2, 0.25) is 0 Å². The van der Waals surface area contributed by atoms with Gasteiger partial charge in [0, 0.05) is 36.3 Å². The largest absolute Gasteiger partial charge is 0.378 e. The van der Waals surface area contributed by atoms with E-state index < -0.39 is 0 Å². The summed E-state index contributed by atoms with van der Waals surface area (Å²) in [7, 11) is 4.11. The van der Waals surface area contributed by atoms with Gasteiger partial charge < -0.3 is 4.90 Å². The Labute approximate surface area is 124 Å². The number of rotatable bonds is 2. The summed E-state index contributed by atoms with van der Waals surface area (Å²) in [4.78, 5) is 6.95. The molecule has 0 spiro atoms. The minimum Gasteiger partial charge on any atom is -0.378 e. The summed E-state index contributed by atoms with van der Waals surface area (Å²) in [5, 5.41) is 2.53. The van der Waals surface area contributed by atoms with Crippen LogP contribution in [0.5, 0.6) is 0 Å². The van der Waals surface area contributed by atoms with Crippen LogP contribution in [0.4, 0.5) is 11.4 Å². The van der Waals surface area contributed by atoms with E-state index >= 15 is 0 Å². The van der Waals surface area contributed by atoms with Crippen molar-refractivity contribution in [3.63, 3.8) is 0 Å². The Hall–Kier alpha value is -2.61. The molecule has 0 saturated carbocycles. The lowest BCUT2D eigenvalue weighted by molar-refractivity contribution is 1.13. The molecule has 1 heterocycles. The van der Waals surface area contributed by atoms with Crippen LogP contribution in [0.3, 0.4) is 0 Å². The van der Waals surface area contributed by atoms with Crippen LogP contribution in [0.15, 0.2) is 65.7 Å². The van der Waals surface area contributed by atoms with Crippen molar-refractivity contribution in [1.82, 2.24) is 0 Å². The van der Waals surface area contributed by atoms with Gasteiger partial charge in [-0.3, -0.25) is 0 Å². The third-order valence-electron chi connectivity index (χ3n) is 4.03. The summed E-state index contributed by atoms with van der Waals surface area (Å²) >= 11 is 0. The molecule has 0 unspecified atom stereocenters. The van der Waals surface area contributed by atoms with Gasteiger partial charge in [0.25, 0.3) is 0 Å². The van der Waals surface area contributed by atoms with E-state index in [0.29, 0.717) is 0 Å². The first kappa shape index (κ1) is 12.2. The summed E-state index contributed by atoms with van der Waals surface area (Å²) in [6.07, 6.45) is 0. The van der Waals surface area contributed by atoms with E-state index in [1.54, 1.807) is 0 Å². The lowest BCUT2D eigenvalue weighted by Gasteiger charge is -2.12. The number of hydrogen-bond acceptors (Lipinski definition) is 2. The molecular formula is C19H16N2. The molecule has 0 amide bonds. The van der Waals surface area contributed by atoms with Crippen LogP contribution < -0.4 is 4.90 Å². The van der Waals surface area contributed by atoms with Crippen molar-refractivity contribution in [2.24, 2.45) is 4.99 Å². The fraction of sp³-hybridized carbons (Fsp3) is 0.105. The van der Waals surface area contributed by atoms with E-state index in [4.69, 9.17) is 4.99 Å². The third kappa shape index (κ3) is 1.83. The maximum Gasteiger partial charge on any atom is 0.0788 e. The van der Waals surface area contributed by atoms with Crippen LogP contribution in [0.2, 0.25) is 0 Å². The molecular weight excluding hydrogens is 256 g/mol. The molecule has 0 atom stereocenters. The fourth-order valence-corrected chi connectivity index (χ4v) is 2.93. The molecule has 0 bridgehead atoms. The second-order valence-corrected chi connectivity index (χ2v) is 5.58. The first-order valence-corrected chi connectivity index (χ1v) is 7.12. The molecule has 2 nitrogen and oxygen atoms in total. The number of anilines is 1.